The van der Waals surface area contributed by atoms with Crippen molar-refractivity contribution in [2.45, 2.75) is 24.8 Å². The zero-order valence-corrected chi connectivity index (χ0v) is 9.29. The van der Waals surface area contributed by atoms with Gasteiger partial charge in [-0.3, -0.25) is 0 Å². The summed E-state index contributed by atoms with van der Waals surface area (Å²) >= 11 is 5.88. The van der Waals surface area contributed by atoms with Crippen LogP contribution in [0.2, 0.25) is 5.02 Å². The molecule has 82 valence electrons. The quantitative estimate of drug-likeness (QED) is 0.799. The fourth-order valence-corrected chi connectivity index (χ4v) is 2.34. The summed E-state index contributed by atoms with van der Waals surface area (Å²) < 4.78 is 0. The van der Waals surface area contributed by atoms with Crippen LogP contribution in [0.25, 0.3) is 4.85 Å². The molecule has 0 spiro atoms. The monoisotopic (exact) mass is 235 g/mol. The lowest BCUT2D eigenvalue weighted by Crippen LogP contribution is -2.32. The minimum absolute atomic E-state index is 0.0832. The highest BCUT2D eigenvalue weighted by Gasteiger charge is 2.48. The molecule has 0 bridgehead atoms. The summed E-state index contributed by atoms with van der Waals surface area (Å²) in [7, 11) is 0. The number of halogens is 1. The Balaban J connectivity index is 2.61. The smallest absolute Gasteiger partial charge is 0.337 e. The molecule has 0 saturated heterocycles. The number of carboxylic acid groups (broad SMARTS) is 1. The van der Waals surface area contributed by atoms with E-state index in [0.29, 0.717) is 5.56 Å². The molecule has 3 nitrogen and oxygen atoms in total. The van der Waals surface area contributed by atoms with E-state index in [1.54, 1.807) is 18.2 Å². The predicted octanol–water partition coefficient (Wildman–Crippen LogP) is 3.34. The third kappa shape index (κ3) is 1.46. The Morgan fingerprint density at radius 3 is 2.62 bits per heavy atom. The van der Waals surface area contributed by atoms with Crippen LogP contribution in [0.5, 0.6) is 0 Å². The zero-order chi connectivity index (χ0) is 11.8. The lowest BCUT2D eigenvalue weighted by atomic mass is 9.71. The van der Waals surface area contributed by atoms with E-state index < -0.39 is 11.5 Å². The number of aromatic carboxylic acids is 1. The number of nitrogens with zero attached hydrogens (tertiary/aromatic N) is 1. The minimum atomic E-state index is -1.06. The van der Waals surface area contributed by atoms with Gasteiger partial charge >= 0.3 is 5.97 Å². The summed E-state index contributed by atoms with van der Waals surface area (Å²) in [4.78, 5) is 14.8. The maximum Gasteiger partial charge on any atom is 0.337 e. The summed E-state index contributed by atoms with van der Waals surface area (Å²) in [5.74, 6) is -1.06. The molecular formula is C12H10ClNO2. The van der Waals surface area contributed by atoms with E-state index in [-0.39, 0.29) is 10.6 Å². The summed E-state index contributed by atoms with van der Waals surface area (Å²) in [6.45, 7) is 7.24. The standard InChI is InChI=1S/C12H10ClNO2/c1-14-12(6-3-7-12)8-4-2-5-9(13)10(8)11(15)16/h2,4-5H,3,6-7H2,(H,15,16). The second kappa shape index (κ2) is 3.80. The highest BCUT2D eigenvalue weighted by atomic mass is 35.5. The molecule has 16 heavy (non-hydrogen) atoms. The van der Waals surface area contributed by atoms with Crippen LogP contribution in [0.15, 0.2) is 18.2 Å². The molecule has 0 amide bonds. The number of carboxylic acids is 1. The molecule has 4 heteroatoms. The van der Waals surface area contributed by atoms with Crippen molar-refractivity contribution in [1.29, 1.82) is 0 Å². The van der Waals surface area contributed by atoms with Crippen molar-refractivity contribution in [1.82, 2.24) is 0 Å². The van der Waals surface area contributed by atoms with Gasteiger partial charge in [-0.1, -0.05) is 17.7 Å². The number of carbonyl (C=O) groups is 1. The molecule has 1 aromatic rings. The fraction of sp³-hybridized carbons (Fsp3) is 0.333. The van der Waals surface area contributed by atoms with Gasteiger partial charge < -0.3 is 9.95 Å². The van der Waals surface area contributed by atoms with Gasteiger partial charge in [-0.15, -0.1) is 0 Å². The van der Waals surface area contributed by atoms with Crippen LogP contribution in [0.1, 0.15) is 35.2 Å². The maximum atomic E-state index is 11.2. The van der Waals surface area contributed by atoms with Gasteiger partial charge in [0.05, 0.1) is 16.1 Å². The average molecular weight is 236 g/mol. The first-order valence-corrected chi connectivity index (χ1v) is 5.39. The van der Waals surface area contributed by atoms with Crippen molar-refractivity contribution < 1.29 is 9.90 Å². The van der Waals surface area contributed by atoms with Crippen molar-refractivity contribution in [3.8, 4) is 0 Å². The number of hydrogen-bond acceptors (Lipinski definition) is 1. The van der Waals surface area contributed by atoms with Crippen molar-refractivity contribution in [3.63, 3.8) is 0 Å². The van der Waals surface area contributed by atoms with E-state index in [0.717, 1.165) is 19.3 Å². The molecule has 1 fully saturated rings. The van der Waals surface area contributed by atoms with Crippen molar-refractivity contribution in [2.75, 3.05) is 0 Å². The Hall–Kier alpha value is -1.53. The van der Waals surface area contributed by atoms with Gasteiger partial charge in [-0.25, -0.2) is 11.4 Å². The molecule has 1 aromatic carbocycles. The highest BCUT2D eigenvalue weighted by molar-refractivity contribution is 6.33. The summed E-state index contributed by atoms with van der Waals surface area (Å²) in [6.07, 6.45) is 2.40. The number of benzene rings is 1. The van der Waals surface area contributed by atoms with Crippen LogP contribution in [0.4, 0.5) is 0 Å². The molecule has 0 aromatic heterocycles. The van der Waals surface area contributed by atoms with Gasteiger partial charge in [0.1, 0.15) is 0 Å². The number of rotatable bonds is 2. The third-order valence-corrected chi connectivity index (χ3v) is 3.44. The lowest BCUT2D eigenvalue weighted by molar-refractivity contribution is 0.0693. The molecule has 1 aliphatic rings. The lowest BCUT2D eigenvalue weighted by Gasteiger charge is -2.31. The number of hydrogen-bond donors (Lipinski definition) is 1. The molecule has 0 radical (unpaired) electrons. The predicted molar refractivity (Wildman–Crippen MR) is 60.5 cm³/mol. The first kappa shape index (κ1) is 11.0. The first-order valence-electron chi connectivity index (χ1n) is 5.02. The second-order valence-electron chi connectivity index (χ2n) is 3.96. The van der Waals surface area contributed by atoms with Crippen molar-refractivity contribution >= 4 is 17.6 Å². The summed E-state index contributed by atoms with van der Waals surface area (Å²) in [5, 5.41) is 9.35. The van der Waals surface area contributed by atoms with Crippen LogP contribution in [0.3, 0.4) is 0 Å². The first-order chi connectivity index (χ1) is 7.60. The van der Waals surface area contributed by atoms with Crippen LogP contribution in [-0.2, 0) is 5.54 Å². The summed E-state index contributed by atoms with van der Waals surface area (Å²) in [6, 6.07) is 4.95. The topological polar surface area (TPSA) is 41.7 Å². The van der Waals surface area contributed by atoms with Gasteiger partial charge in [-0.2, -0.15) is 0 Å². The molecule has 0 heterocycles. The van der Waals surface area contributed by atoms with Gasteiger partial charge in [0.2, 0.25) is 0 Å². The van der Waals surface area contributed by atoms with E-state index in [1.165, 1.54) is 0 Å². The van der Waals surface area contributed by atoms with E-state index in [9.17, 15) is 4.79 Å². The van der Waals surface area contributed by atoms with E-state index in [1.807, 2.05) is 0 Å². The van der Waals surface area contributed by atoms with E-state index in [2.05, 4.69) is 4.85 Å². The Morgan fingerprint density at radius 2 is 2.19 bits per heavy atom. The fourth-order valence-electron chi connectivity index (χ4n) is 2.08. The molecule has 1 saturated carbocycles. The largest absolute Gasteiger partial charge is 0.478 e. The summed E-state index contributed by atoms with van der Waals surface area (Å²) in [5.41, 5.74) is -0.00728. The Labute approximate surface area is 98.5 Å². The zero-order valence-electron chi connectivity index (χ0n) is 8.53. The van der Waals surface area contributed by atoms with Crippen LogP contribution < -0.4 is 0 Å². The Morgan fingerprint density at radius 1 is 1.50 bits per heavy atom. The molecule has 0 aliphatic heterocycles. The van der Waals surface area contributed by atoms with Gasteiger partial charge in [-0.05, 0) is 18.6 Å². The van der Waals surface area contributed by atoms with Crippen LogP contribution in [-0.4, -0.2) is 11.1 Å². The van der Waals surface area contributed by atoms with Crippen LogP contribution in [0, 0.1) is 6.57 Å². The molecule has 0 unspecified atom stereocenters. The van der Waals surface area contributed by atoms with Crippen molar-refractivity contribution in [2.24, 2.45) is 0 Å². The Bertz CT molecular complexity index is 486. The highest BCUT2D eigenvalue weighted by Crippen LogP contribution is 2.47. The minimum Gasteiger partial charge on any atom is -0.478 e. The normalized spacial score (nSPS) is 17.2. The average Bonchev–Trinajstić information content (AvgIpc) is 2.16. The van der Waals surface area contributed by atoms with Gasteiger partial charge in [0.25, 0.3) is 5.54 Å². The SMILES string of the molecule is [C-]#[N+]C1(c2cccc(Cl)c2C(=O)O)CCC1. The van der Waals surface area contributed by atoms with E-state index >= 15 is 0 Å². The molecule has 1 N–H and O–H groups in total. The van der Waals surface area contributed by atoms with Crippen molar-refractivity contribution in [3.05, 3.63) is 45.8 Å². The molecule has 0 atom stereocenters. The van der Waals surface area contributed by atoms with Gasteiger partial charge in [0, 0.05) is 12.8 Å². The molecular weight excluding hydrogens is 226 g/mol. The second-order valence-corrected chi connectivity index (χ2v) is 4.37. The maximum absolute atomic E-state index is 11.2. The Kier molecular flexibility index (Phi) is 2.61. The molecule has 1 aliphatic carbocycles. The molecule has 2 rings (SSSR count). The van der Waals surface area contributed by atoms with Crippen LogP contribution >= 0.6 is 11.6 Å². The van der Waals surface area contributed by atoms with Gasteiger partial charge in [0.15, 0.2) is 0 Å². The van der Waals surface area contributed by atoms with E-state index in [4.69, 9.17) is 23.3 Å². The third-order valence-electron chi connectivity index (χ3n) is 3.12.